The van der Waals surface area contributed by atoms with Crippen molar-refractivity contribution in [3.05, 3.63) is 35.9 Å². The zero-order valence-electron chi connectivity index (χ0n) is 13.2. The van der Waals surface area contributed by atoms with Crippen LogP contribution < -0.4 is 0 Å². The van der Waals surface area contributed by atoms with Gasteiger partial charge in [-0.1, -0.05) is 83.6 Å². The lowest BCUT2D eigenvalue weighted by molar-refractivity contribution is 0.309. The standard InChI is InChI=1S/C19H31/c1-4-7-15-19(16-8-5-2,17-9-6-3)18-13-11-10-12-14-18/h10-13H,4-9,15-17H2,1-3H3. The van der Waals surface area contributed by atoms with E-state index < -0.39 is 0 Å². The van der Waals surface area contributed by atoms with Gasteiger partial charge in [0.15, 0.2) is 0 Å². The molecule has 0 unspecified atom stereocenters. The second kappa shape index (κ2) is 9.18. The summed E-state index contributed by atoms with van der Waals surface area (Å²) in [5.41, 5.74) is 1.86. The van der Waals surface area contributed by atoms with Crippen molar-refractivity contribution in [1.82, 2.24) is 0 Å². The van der Waals surface area contributed by atoms with Crippen molar-refractivity contribution in [2.24, 2.45) is 0 Å². The lowest BCUT2D eigenvalue weighted by Gasteiger charge is -2.35. The summed E-state index contributed by atoms with van der Waals surface area (Å²) in [6, 6.07) is 12.2. The van der Waals surface area contributed by atoms with Crippen LogP contribution in [0.1, 0.15) is 84.1 Å². The van der Waals surface area contributed by atoms with Crippen LogP contribution in [-0.4, -0.2) is 0 Å². The minimum absolute atomic E-state index is 0.392. The highest BCUT2D eigenvalue weighted by Gasteiger charge is 2.30. The molecule has 0 saturated heterocycles. The van der Waals surface area contributed by atoms with Gasteiger partial charge in [-0.2, -0.15) is 0 Å². The molecular weight excluding hydrogens is 228 g/mol. The minimum atomic E-state index is 0.392. The molecule has 0 N–H and O–H groups in total. The van der Waals surface area contributed by atoms with Crippen LogP contribution in [0.25, 0.3) is 0 Å². The summed E-state index contributed by atoms with van der Waals surface area (Å²) >= 11 is 0. The summed E-state index contributed by atoms with van der Waals surface area (Å²) in [4.78, 5) is 0. The molecule has 0 aliphatic heterocycles. The van der Waals surface area contributed by atoms with Gasteiger partial charge in [0.2, 0.25) is 0 Å². The summed E-state index contributed by atoms with van der Waals surface area (Å²) in [6.07, 6.45) is 11.9. The summed E-state index contributed by atoms with van der Waals surface area (Å²) in [5, 5.41) is 0. The van der Waals surface area contributed by atoms with Gasteiger partial charge < -0.3 is 0 Å². The number of hydrogen-bond acceptors (Lipinski definition) is 0. The highest BCUT2D eigenvalue weighted by molar-refractivity contribution is 5.24. The first-order valence-corrected chi connectivity index (χ1v) is 8.26. The molecular formula is C19H31. The average Bonchev–Trinajstić information content (AvgIpc) is 2.48. The van der Waals surface area contributed by atoms with Crippen molar-refractivity contribution >= 4 is 0 Å². The van der Waals surface area contributed by atoms with Crippen molar-refractivity contribution in [2.75, 3.05) is 0 Å². The van der Waals surface area contributed by atoms with E-state index in [1.165, 1.54) is 63.4 Å². The molecule has 0 bridgehead atoms. The van der Waals surface area contributed by atoms with Crippen LogP contribution in [0.5, 0.6) is 0 Å². The number of hydrogen-bond donors (Lipinski definition) is 0. The van der Waals surface area contributed by atoms with E-state index in [9.17, 15) is 0 Å². The number of unbranched alkanes of at least 4 members (excludes halogenated alkanes) is 3. The molecule has 0 nitrogen and oxygen atoms in total. The lowest BCUT2D eigenvalue weighted by Crippen LogP contribution is -2.26. The predicted molar refractivity (Wildman–Crippen MR) is 85.5 cm³/mol. The van der Waals surface area contributed by atoms with Gasteiger partial charge in [-0.25, -0.2) is 0 Å². The zero-order valence-corrected chi connectivity index (χ0v) is 13.2. The van der Waals surface area contributed by atoms with Gasteiger partial charge >= 0.3 is 0 Å². The summed E-state index contributed by atoms with van der Waals surface area (Å²) < 4.78 is 0. The van der Waals surface area contributed by atoms with E-state index in [4.69, 9.17) is 0 Å². The van der Waals surface area contributed by atoms with E-state index in [2.05, 4.69) is 51.1 Å². The topological polar surface area (TPSA) is 0 Å². The summed E-state index contributed by atoms with van der Waals surface area (Å²) in [6.45, 7) is 6.91. The lowest BCUT2D eigenvalue weighted by atomic mass is 9.69. The smallest absolute Gasteiger partial charge is 0.00408 e. The zero-order chi connectivity index (χ0) is 14.0. The van der Waals surface area contributed by atoms with E-state index >= 15 is 0 Å². The van der Waals surface area contributed by atoms with Gasteiger partial charge in [0.25, 0.3) is 0 Å². The molecule has 0 heterocycles. The van der Waals surface area contributed by atoms with Crippen molar-refractivity contribution in [3.63, 3.8) is 0 Å². The summed E-state index contributed by atoms with van der Waals surface area (Å²) in [5.74, 6) is 0. The third kappa shape index (κ3) is 5.01. The Kier molecular flexibility index (Phi) is 7.86. The van der Waals surface area contributed by atoms with Crippen LogP contribution in [0, 0.1) is 6.07 Å². The normalized spacial score (nSPS) is 11.7. The Labute approximate surface area is 120 Å². The molecule has 1 radical (unpaired) electrons. The highest BCUT2D eigenvalue weighted by atomic mass is 14.3. The molecule has 1 aromatic carbocycles. The van der Waals surface area contributed by atoms with E-state index in [-0.39, 0.29) is 0 Å². The first-order valence-electron chi connectivity index (χ1n) is 8.26. The van der Waals surface area contributed by atoms with E-state index in [0.29, 0.717) is 5.41 Å². The van der Waals surface area contributed by atoms with Gasteiger partial charge in [0.05, 0.1) is 0 Å². The Balaban J connectivity index is 2.94. The molecule has 0 aromatic heterocycles. The summed E-state index contributed by atoms with van der Waals surface area (Å²) in [7, 11) is 0. The van der Waals surface area contributed by atoms with Crippen LogP contribution in [0.3, 0.4) is 0 Å². The fourth-order valence-electron chi connectivity index (χ4n) is 3.05. The number of rotatable bonds is 10. The molecule has 0 spiro atoms. The molecule has 0 saturated carbocycles. The Morgan fingerprint density at radius 3 is 1.74 bits per heavy atom. The van der Waals surface area contributed by atoms with Crippen molar-refractivity contribution in [3.8, 4) is 0 Å². The Bertz CT molecular complexity index is 290. The van der Waals surface area contributed by atoms with Crippen LogP contribution in [0.4, 0.5) is 0 Å². The maximum atomic E-state index is 3.54. The largest absolute Gasteiger partial charge is 0.0654 e. The second-order valence-corrected chi connectivity index (χ2v) is 5.87. The molecule has 107 valence electrons. The van der Waals surface area contributed by atoms with Gasteiger partial charge in [-0.05, 0) is 36.3 Å². The first-order chi connectivity index (χ1) is 9.29. The second-order valence-electron chi connectivity index (χ2n) is 5.87. The van der Waals surface area contributed by atoms with Gasteiger partial charge in [0.1, 0.15) is 0 Å². The monoisotopic (exact) mass is 259 g/mol. The Morgan fingerprint density at radius 2 is 1.37 bits per heavy atom. The van der Waals surface area contributed by atoms with Gasteiger partial charge in [-0.3, -0.25) is 0 Å². The molecule has 0 fully saturated rings. The van der Waals surface area contributed by atoms with Gasteiger partial charge in [0, 0.05) is 0 Å². The molecule has 19 heavy (non-hydrogen) atoms. The molecule has 0 aliphatic carbocycles. The van der Waals surface area contributed by atoms with Crippen molar-refractivity contribution in [1.29, 1.82) is 0 Å². The van der Waals surface area contributed by atoms with Gasteiger partial charge in [-0.15, -0.1) is 0 Å². The minimum Gasteiger partial charge on any atom is -0.0654 e. The maximum absolute atomic E-state index is 3.54. The average molecular weight is 259 g/mol. The SMILES string of the molecule is CCCCC(CCCC)(CCCC)c1[c]cccc1. The molecule has 1 rings (SSSR count). The first kappa shape index (κ1) is 16.3. The van der Waals surface area contributed by atoms with Crippen LogP contribution in [0.15, 0.2) is 24.3 Å². The third-order valence-electron chi connectivity index (χ3n) is 4.31. The Hall–Kier alpha value is -0.780. The molecule has 0 amide bonds. The van der Waals surface area contributed by atoms with Crippen LogP contribution >= 0.6 is 0 Å². The van der Waals surface area contributed by atoms with E-state index in [1.807, 2.05) is 0 Å². The Morgan fingerprint density at radius 1 is 0.842 bits per heavy atom. The van der Waals surface area contributed by atoms with Crippen LogP contribution in [0.2, 0.25) is 0 Å². The van der Waals surface area contributed by atoms with Crippen molar-refractivity contribution < 1.29 is 0 Å². The molecule has 0 atom stereocenters. The van der Waals surface area contributed by atoms with E-state index in [1.54, 1.807) is 0 Å². The number of benzene rings is 1. The van der Waals surface area contributed by atoms with Crippen molar-refractivity contribution in [2.45, 2.75) is 84.0 Å². The molecule has 0 aliphatic rings. The predicted octanol–water partition coefficient (Wildman–Crippen LogP) is 6.30. The van der Waals surface area contributed by atoms with Crippen LogP contribution in [-0.2, 0) is 5.41 Å². The van der Waals surface area contributed by atoms with E-state index in [0.717, 1.165) is 0 Å². The fourth-order valence-corrected chi connectivity index (χ4v) is 3.05. The highest BCUT2D eigenvalue weighted by Crippen LogP contribution is 2.39. The quantitative estimate of drug-likeness (QED) is 0.463. The molecule has 0 heteroatoms. The fraction of sp³-hybridized carbons (Fsp3) is 0.684. The maximum Gasteiger partial charge on any atom is -0.00408 e. The third-order valence-corrected chi connectivity index (χ3v) is 4.31. The molecule has 1 aromatic rings.